The summed E-state index contributed by atoms with van der Waals surface area (Å²) in [6, 6.07) is 5.72. The Bertz CT molecular complexity index is 1110. The predicted molar refractivity (Wildman–Crippen MR) is 109 cm³/mol. The number of hydrogen-bond acceptors (Lipinski definition) is 7. The van der Waals surface area contributed by atoms with Crippen molar-refractivity contribution in [3.8, 4) is 0 Å². The molecule has 27 heavy (non-hydrogen) atoms. The van der Waals surface area contributed by atoms with Gasteiger partial charge in [0.1, 0.15) is 16.2 Å². The molecule has 3 rings (SSSR count). The quantitative estimate of drug-likeness (QED) is 0.482. The first kappa shape index (κ1) is 19.7. The highest BCUT2D eigenvalue weighted by Crippen LogP contribution is 2.36. The van der Waals surface area contributed by atoms with Crippen molar-refractivity contribution in [2.24, 2.45) is 5.14 Å². The van der Waals surface area contributed by atoms with Crippen LogP contribution in [0.1, 0.15) is 17.4 Å². The number of nitrogens with one attached hydrogen (secondary N) is 1. The fourth-order valence-electron chi connectivity index (χ4n) is 2.43. The molecule has 142 valence electrons. The molecule has 0 saturated carbocycles. The van der Waals surface area contributed by atoms with E-state index in [0.29, 0.717) is 5.69 Å². The Morgan fingerprint density at radius 3 is 2.52 bits per heavy atom. The van der Waals surface area contributed by atoms with E-state index in [2.05, 4.69) is 15.3 Å². The number of thiophene rings is 1. The number of carbonyl (C=O) groups excluding carboxylic acids is 1. The first-order chi connectivity index (χ1) is 12.7. The maximum absolute atomic E-state index is 12.5. The molecule has 7 nitrogen and oxygen atoms in total. The highest BCUT2D eigenvalue weighted by molar-refractivity contribution is 8.00. The number of anilines is 1. The summed E-state index contributed by atoms with van der Waals surface area (Å²) in [4.78, 5) is 23.2. The molecule has 1 amide bonds. The summed E-state index contributed by atoms with van der Waals surface area (Å²) in [7, 11) is -3.76. The number of rotatable bonds is 5. The summed E-state index contributed by atoms with van der Waals surface area (Å²) in [6.07, 6.45) is 1.51. The van der Waals surface area contributed by atoms with Gasteiger partial charge in [-0.15, -0.1) is 11.3 Å². The average molecular weight is 423 g/mol. The molecule has 3 aromatic rings. The second-order valence-corrected chi connectivity index (χ2v) is 10.1. The van der Waals surface area contributed by atoms with E-state index in [1.54, 1.807) is 18.3 Å². The lowest BCUT2D eigenvalue weighted by atomic mass is 10.2. The van der Waals surface area contributed by atoms with Crippen LogP contribution in [0.3, 0.4) is 0 Å². The van der Waals surface area contributed by atoms with Gasteiger partial charge < -0.3 is 5.32 Å². The first-order valence-corrected chi connectivity index (χ1v) is 11.2. The molecule has 0 bridgehead atoms. The summed E-state index contributed by atoms with van der Waals surface area (Å²) in [5.41, 5.74) is 1.62. The number of aryl methyl sites for hydroxylation is 2. The van der Waals surface area contributed by atoms with Gasteiger partial charge in [0.2, 0.25) is 15.9 Å². The van der Waals surface area contributed by atoms with E-state index in [1.165, 1.54) is 47.2 Å². The lowest BCUT2D eigenvalue weighted by Crippen LogP contribution is -2.22. The van der Waals surface area contributed by atoms with Crippen molar-refractivity contribution >= 4 is 54.9 Å². The Hall–Kier alpha value is -2.01. The number of carbonyl (C=O) groups is 1. The minimum Gasteiger partial charge on any atom is -0.325 e. The first-order valence-electron chi connectivity index (χ1n) is 7.98. The minimum atomic E-state index is -3.76. The van der Waals surface area contributed by atoms with E-state index < -0.39 is 15.3 Å². The molecule has 2 aromatic heterocycles. The van der Waals surface area contributed by atoms with Crippen molar-refractivity contribution in [3.63, 3.8) is 0 Å². The monoisotopic (exact) mass is 422 g/mol. The molecule has 0 spiro atoms. The third-order valence-corrected chi connectivity index (χ3v) is 7.18. The van der Waals surface area contributed by atoms with Crippen molar-refractivity contribution < 1.29 is 13.2 Å². The zero-order valence-corrected chi connectivity index (χ0v) is 17.3. The smallest absolute Gasteiger partial charge is 0.238 e. The highest BCUT2D eigenvalue weighted by atomic mass is 32.2. The van der Waals surface area contributed by atoms with E-state index in [1.807, 2.05) is 13.8 Å². The van der Waals surface area contributed by atoms with Gasteiger partial charge in [-0.05, 0) is 50.6 Å². The van der Waals surface area contributed by atoms with Crippen LogP contribution in [-0.2, 0) is 14.8 Å². The number of thioether (sulfide) groups is 1. The molecule has 1 aromatic carbocycles. The summed E-state index contributed by atoms with van der Waals surface area (Å²) in [6.45, 7) is 5.86. The van der Waals surface area contributed by atoms with Crippen molar-refractivity contribution in [2.75, 3.05) is 5.32 Å². The zero-order chi connectivity index (χ0) is 19.8. The van der Waals surface area contributed by atoms with Gasteiger partial charge in [0.25, 0.3) is 0 Å². The van der Waals surface area contributed by atoms with E-state index in [9.17, 15) is 13.2 Å². The van der Waals surface area contributed by atoms with Crippen molar-refractivity contribution in [3.05, 3.63) is 41.0 Å². The number of fused-ring (bicyclic) bond motifs is 1. The van der Waals surface area contributed by atoms with Gasteiger partial charge in [0.15, 0.2) is 0 Å². The summed E-state index contributed by atoms with van der Waals surface area (Å²) in [5, 5.41) is 9.20. The second-order valence-electron chi connectivity index (χ2n) is 5.96. The Morgan fingerprint density at radius 1 is 1.22 bits per heavy atom. The molecule has 10 heteroatoms. The van der Waals surface area contributed by atoms with Crippen LogP contribution in [0.25, 0.3) is 10.2 Å². The van der Waals surface area contributed by atoms with Gasteiger partial charge >= 0.3 is 0 Å². The Balaban J connectivity index is 1.75. The van der Waals surface area contributed by atoms with Crippen LogP contribution in [0, 0.1) is 13.8 Å². The maximum Gasteiger partial charge on any atom is 0.238 e. The van der Waals surface area contributed by atoms with E-state index in [-0.39, 0.29) is 10.8 Å². The van der Waals surface area contributed by atoms with Gasteiger partial charge in [0.05, 0.1) is 10.1 Å². The van der Waals surface area contributed by atoms with Crippen LogP contribution in [0.2, 0.25) is 0 Å². The molecule has 0 unspecified atom stereocenters. The van der Waals surface area contributed by atoms with Crippen molar-refractivity contribution in [2.45, 2.75) is 35.9 Å². The lowest BCUT2D eigenvalue weighted by Gasteiger charge is -2.12. The normalized spacial score (nSPS) is 12.9. The van der Waals surface area contributed by atoms with Gasteiger partial charge in [-0.25, -0.2) is 23.5 Å². The van der Waals surface area contributed by atoms with Crippen LogP contribution in [0.4, 0.5) is 5.69 Å². The molecule has 2 heterocycles. The molecular weight excluding hydrogens is 404 g/mol. The van der Waals surface area contributed by atoms with Crippen molar-refractivity contribution in [1.82, 2.24) is 9.97 Å². The van der Waals surface area contributed by atoms with Crippen LogP contribution in [-0.4, -0.2) is 29.5 Å². The number of aromatic nitrogens is 2. The molecule has 0 radical (unpaired) electrons. The fraction of sp³-hybridized carbons (Fsp3) is 0.235. The van der Waals surface area contributed by atoms with Gasteiger partial charge in [-0.1, -0.05) is 11.8 Å². The van der Waals surface area contributed by atoms with Gasteiger partial charge in [-0.2, -0.15) is 0 Å². The standard InChI is InChI=1S/C17H18N4O3S3/c1-9-10(2)25-16-14(9)17(20-8-19-16)26-11(3)15(22)21-12-4-6-13(7-5-12)27(18,23)24/h4-8,11H,1-3H3,(H,21,22)(H2,18,23,24)/t11-/m1/s1. The molecular formula is C17H18N4O3S3. The van der Waals surface area contributed by atoms with Crippen LogP contribution in [0.15, 0.2) is 40.5 Å². The fourth-order valence-corrected chi connectivity index (χ4v) is 4.99. The largest absolute Gasteiger partial charge is 0.325 e. The minimum absolute atomic E-state index is 0.00500. The SMILES string of the molecule is Cc1sc2ncnc(S[C@H](C)C(=O)Nc3ccc(S(N)(=O)=O)cc3)c2c1C. The maximum atomic E-state index is 12.5. The van der Waals surface area contributed by atoms with E-state index >= 15 is 0 Å². The predicted octanol–water partition coefficient (Wildman–Crippen LogP) is 3.07. The van der Waals surface area contributed by atoms with Gasteiger partial charge in [-0.3, -0.25) is 4.79 Å². The second kappa shape index (κ2) is 7.55. The third-order valence-electron chi connectivity index (χ3n) is 4.04. The molecule has 0 aliphatic heterocycles. The number of primary sulfonamides is 1. The van der Waals surface area contributed by atoms with E-state index in [0.717, 1.165) is 20.8 Å². The van der Waals surface area contributed by atoms with Gasteiger partial charge in [0, 0.05) is 16.0 Å². The summed E-state index contributed by atoms with van der Waals surface area (Å²) < 4.78 is 22.6. The average Bonchev–Trinajstić information content (AvgIpc) is 2.90. The third kappa shape index (κ3) is 4.29. The summed E-state index contributed by atoms with van der Waals surface area (Å²) in [5.74, 6) is -0.209. The Morgan fingerprint density at radius 2 is 1.89 bits per heavy atom. The number of benzene rings is 1. The molecule has 0 aliphatic rings. The van der Waals surface area contributed by atoms with Crippen LogP contribution >= 0.6 is 23.1 Å². The Kier molecular flexibility index (Phi) is 5.52. The van der Waals surface area contributed by atoms with E-state index in [4.69, 9.17) is 5.14 Å². The zero-order valence-electron chi connectivity index (χ0n) is 14.9. The molecule has 0 aliphatic carbocycles. The molecule has 0 saturated heterocycles. The number of amides is 1. The topological polar surface area (TPSA) is 115 Å². The number of hydrogen-bond donors (Lipinski definition) is 2. The highest BCUT2D eigenvalue weighted by Gasteiger charge is 2.19. The molecule has 1 atom stereocenters. The molecule has 3 N–H and O–H groups in total. The van der Waals surface area contributed by atoms with Crippen molar-refractivity contribution in [1.29, 1.82) is 0 Å². The number of nitrogens with two attached hydrogens (primary N) is 1. The number of sulfonamides is 1. The number of nitrogens with zero attached hydrogens (tertiary/aromatic N) is 2. The Labute approximate surface area is 165 Å². The van der Waals surface area contributed by atoms with Crippen LogP contribution in [0.5, 0.6) is 0 Å². The lowest BCUT2D eigenvalue weighted by molar-refractivity contribution is -0.115. The summed E-state index contributed by atoms with van der Waals surface area (Å²) >= 11 is 2.97. The molecule has 0 fully saturated rings. The van der Waals surface area contributed by atoms with Crippen LogP contribution < -0.4 is 10.5 Å².